The third-order valence-corrected chi connectivity index (χ3v) is 4.13. The van der Waals surface area contributed by atoms with E-state index in [0.29, 0.717) is 26.1 Å². The van der Waals surface area contributed by atoms with E-state index in [1.54, 1.807) is 0 Å². The van der Waals surface area contributed by atoms with Crippen LogP contribution in [0.25, 0.3) is 0 Å². The molecule has 3 rings (SSSR count). The van der Waals surface area contributed by atoms with Crippen LogP contribution in [-0.2, 0) is 14.3 Å². The van der Waals surface area contributed by atoms with Crippen molar-refractivity contribution in [3.63, 3.8) is 0 Å². The Balaban J connectivity index is 1.88. The second-order valence-electron chi connectivity index (χ2n) is 5.60. The number of hydrogen-bond acceptors (Lipinski definition) is 4. The molecule has 1 aromatic rings. The van der Waals surface area contributed by atoms with Crippen molar-refractivity contribution in [1.29, 1.82) is 0 Å². The predicted molar refractivity (Wildman–Crippen MR) is 76.0 cm³/mol. The molecule has 1 aromatic carbocycles. The molecule has 0 aromatic heterocycles. The lowest BCUT2D eigenvalue weighted by Gasteiger charge is -2.24. The molecule has 2 aliphatic heterocycles. The summed E-state index contributed by atoms with van der Waals surface area (Å²) in [7, 11) is 0. The first-order chi connectivity index (χ1) is 11.0. The molecule has 2 N–H and O–H groups in total. The fraction of sp³-hybridized carbons (Fsp3) is 0.467. The highest BCUT2D eigenvalue weighted by molar-refractivity contribution is 5.95. The first kappa shape index (κ1) is 15.7. The third kappa shape index (κ3) is 2.98. The van der Waals surface area contributed by atoms with E-state index in [1.807, 2.05) is 0 Å². The summed E-state index contributed by atoms with van der Waals surface area (Å²) in [6.07, 6.45) is -0.888. The van der Waals surface area contributed by atoms with Crippen LogP contribution in [0.3, 0.4) is 0 Å². The molecular formula is C15H16F2N2O4. The summed E-state index contributed by atoms with van der Waals surface area (Å²) < 4.78 is 38.7. The molecule has 0 bridgehead atoms. The molecule has 2 amide bonds. The number of benzene rings is 1. The van der Waals surface area contributed by atoms with Crippen molar-refractivity contribution in [3.05, 3.63) is 29.3 Å². The minimum Gasteiger partial charge on any atom is -0.434 e. The van der Waals surface area contributed by atoms with Crippen LogP contribution < -0.4 is 10.6 Å². The van der Waals surface area contributed by atoms with Crippen molar-refractivity contribution in [2.24, 2.45) is 5.73 Å². The third-order valence-electron chi connectivity index (χ3n) is 4.13. The van der Waals surface area contributed by atoms with Crippen LogP contribution in [0.1, 0.15) is 24.3 Å². The highest BCUT2D eigenvalue weighted by Gasteiger charge is 2.36. The molecule has 2 fully saturated rings. The lowest BCUT2D eigenvalue weighted by molar-refractivity contribution is -0.124. The Hall–Kier alpha value is -2.22. The summed E-state index contributed by atoms with van der Waals surface area (Å²) >= 11 is 0. The number of anilines is 1. The fourth-order valence-electron chi connectivity index (χ4n) is 2.92. The zero-order valence-electron chi connectivity index (χ0n) is 12.3. The number of primary amides is 1. The van der Waals surface area contributed by atoms with Crippen LogP contribution in [0.4, 0.5) is 19.3 Å². The van der Waals surface area contributed by atoms with E-state index in [1.165, 1.54) is 0 Å². The van der Waals surface area contributed by atoms with E-state index in [2.05, 4.69) is 0 Å². The predicted octanol–water partition coefficient (Wildman–Crippen LogP) is 1.67. The van der Waals surface area contributed by atoms with Gasteiger partial charge in [-0.2, -0.15) is 0 Å². The average molecular weight is 326 g/mol. The number of amides is 2. The van der Waals surface area contributed by atoms with Gasteiger partial charge in [0.05, 0.1) is 12.2 Å². The number of rotatable bonds is 3. The number of nitrogens with two attached hydrogens (primary N) is 1. The van der Waals surface area contributed by atoms with E-state index in [-0.39, 0.29) is 23.7 Å². The summed E-state index contributed by atoms with van der Waals surface area (Å²) in [5.41, 5.74) is 5.09. The molecule has 2 saturated heterocycles. The van der Waals surface area contributed by atoms with Gasteiger partial charge in [-0.3, -0.25) is 9.69 Å². The molecule has 8 heteroatoms. The van der Waals surface area contributed by atoms with Crippen molar-refractivity contribution in [1.82, 2.24) is 0 Å². The lowest BCUT2D eigenvalue weighted by Crippen LogP contribution is -2.32. The lowest BCUT2D eigenvalue weighted by atomic mass is 9.90. The van der Waals surface area contributed by atoms with Crippen molar-refractivity contribution < 1.29 is 27.8 Å². The molecule has 2 heterocycles. The van der Waals surface area contributed by atoms with Crippen LogP contribution in [-0.4, -0.2) is 37.9 Å². The van der Waals surface area contributed by atoms with Crippen molar-refractivity contribution in [3.8, 4) is 0 Å². The molecule has 0 radical (unpaired) electrons. The summed E-state index contributed by atoms with van der Waals surface area (Å²) in [4.78, 5) is 23.8. The average Bonchev–Trinajstić information content (AvgIpc) is 2.90. The number of hydrogen-bond donors (Lipinski definition) is 1. The minimum absolute atomic E-state index is 0.00422. The first-order valence-electron chi connectivity index (χ1n) is 7.31. The van der Waals surface area contributed by atoms with Gasteiger partial charge in [-0.05, 0) is 30.9 Å². The van der Waals surface area contributed by atoms with Gasteiger partial charge in [0.1, 0.15) is 11.6 Å². The van der Waals surface area contributed by atoms with Gasteiger partial charge in [0.25, 0.3) is 5.91 Å². The Morgan fingerprint density at radius 2 is 1.83 bits per heavy atom. The zero-order chi connectivity index (χ0) is 16.6. The van der Waals surface area contributed by atoms with Crippen molar-refractivity contribution in [2.75, 3.05) is 24.7 Å². The Morgan fingerprint density at radius 1 is 1.22 bits per heavy atom. The van der Waals surface area contributed by atoms with Gasteiger partial charge in [-0.15, -0.1) is 0 Å². The number of cyclic esters (lactones) is 1. The molecule has 0 unspecified atom stereocenters. The van der Waals surface area contributed by atoms with Crippen LogP contribution >= 0.6 is 0 Å². The number of halogens is 2. The topological polar surface area (TPSA) is 81.9 Å². The zero-order valence-corrected chi connectivity index (χ0v) is 12.3. The quantitative estimate of drug-likeness (QED) is 0.916. The molecule has 23 heavy (non-hydrogen) atoms. The Morgan fingerprint density at radius 3 is 2.35 bits per heavy atom. The first-order valence-corrected chi connectivity index (χ1v) is 7.31. The van der Waals surface area contributed by atoms with Crippen LogP contribution in [0.5, 0.6) is 0 Å². The smallest absolute Gasteiger partial charge is 0.415 e. The summed E-state index contributed by atoms with van der Waals surface area (Å²) in [6.45, 7) is 0.762. The van der Waals surface area contributed by atoms with E-state index in [9.17, 15) is 18.4 Å². The monoisotopic (exact) mass is 326 g/mol. The molecule has 1 atom stereocenters. The molecule has 0 saturated carbocycles. The Bertz CT molecular complexity index is 623. The van der Waals surface area contributed by atoms with E-state index in [0.717, 1.165) is 17.0 Å². The molecular weight excluding hydrogens is 310 g/mol. The number of carbonyl (C=O) groups excluding carboxylic acids is 2. The van der Waals surface area contributed by atoms with Gasteiger partial charge < -0.3 is 15.2 Å². The standard InChI is InChI=1S/C15H16F2N2O4/c16-10-5-9(19-7-12(14(18)20)23-15(19)21)6-11(17)13(10)8-1-3-22-4-2-8/h5-6,8,12H,1-4,7H2,(H2,18,20)/t12-/m1/s1. The van der Waals surface area contributed by atoms with Gasteiger partial charge in [0.15, 0.2) is 6.10 Å². The van der Waals surface area contributed by atoms with E-state index >= 15 is 0 Å². The second-order valence-corrected chi connectivity index (χ2v) is 5.60. The number of carbonyl (C=O) groups is 2. The van der Waals surface area contributed by atoms with E-state index < -0.39 is 29.7 Å². The largest absolute Gasteiger partial charge is 0.434 e. The van der Waals surface area contributed by atoms with Gasteiger partial charge in [-0.25, -0.2) is 13.6 Å². The molecule has 124 valence electrons. The van der Waals surface area contributed by atoms with Crippen LogP contribution in [0, 0.1) is 11.6 Å². The van der Waals surface area contributed by atoms with Gasteiger partial charge in [0, 0.05) is 18.8 Å². The number of nitrogens with zero attached hydrogens (tertiary/aromatic N) is 1. The van der Waals surface area contributed by atoms with Crippen LogP contribution in [0.2, 0.25) is 0 Å². The van der Waals surface area contributed by atoms with Gasteiger partial charge >= 0.3 is 6.09 Å². The van der Waals surface area contributed by atoms with E-state index in [4.69, 9.17) is 15.2 Å². The maximum absolute atomic E-state index is 14.4. The minimum atomic E-state index is -1.12. The second kappa shape index (κ2) is 6.11. The van der Waals surface area contributed by atoms with Crippen LogP contribution in [0.15, 0.2) is 12.1 Å². The maximum Gasteiger partial charge on any atom is 0.415 e. The van der Waals surface area contributed by atoms with Crippen molar-refractivity contribution >= 4 is 17.7 Å². The highest BCUT2D eigenvalue weighted by Crippen LogP contribution is 2.34. The molecule has 2 aliphatic rings. The SMILES string of the molecule is NC(=O)[C@H]1CN(c2cc(F)c(C3CCOCC3)c(F)c2)C(=O)O1. The van der Waals surface area contributed by atoms with Crippen molar-refractivity contribution in [2.45, 2.75) is 24.9 Å². The Labute approximate surface area is 131 Å². The molecule has 0 spiro atoms. The Kier molecular flexibility index (Phi) is 4.16. The summed E-state index contributed by atoms with van der Waals surface area (Å²) in [6, 6.07) is 2.16. The summed E-state index contributed by atoms with van der Waals surface area (Å²) in [5.74, 6) is -2.49. The number of ether oxygens (including phenoxy) is 2. The maximum atomic E-state index is 14.4. The highest BCUT2D eigenvalue weighted by atomic mass is 19.1. The molecule has 0 aliphatic carbocycles. The fourth-order valence-corrected chi connectivity index (χ4v) is 2.92. The summed E-state index contributed by atoms with van der Waals surface area (Å²) in [5, 5.41) is 0. The van der Waals surface area contributed by atoms with Gasteiger partial charge in [-0.1, -0.05) is 0 Å². The molecule has 6 nitrogen and oxygen atoms in total. The normalized spacial score (nSPS) is 22.3. The van der Waals surface area contributed by atoms with Gasteiger partial charge in [0.2, 0.25) is 0 Å².